The van der Waals surface area contributed by atoms with E-state index < -0.39 is 11.7 Å². The molecule has 130 valence electrons. The summed E-state index contributed by atoms with van der Waals surface area (Å²) in [5, 5.41) is 0.287. The van der Waals surface area contributed by atoms with E-state index in [1.165, 1.54) is 12.1 Å². The van der Waals surface area contributed by atoms with Crippen LogP contribution in [0.25, 0.3) is 5.57 Å². The highest BCUT2D eigenvalue weighted by atomic mass is 35.5. The summed E-state index contributed by atoms with van der Waals surface area (Å²) in [4.78, 5) is 11.4. The first-order valence-electron chi connectivity index (χ1n) is 7.57. The van der Waals surface area contributed by atoms with Crippen molar-refractivity contribution in [2.75, 3.05) is 6.54 Å². The Morgan fingerprint density at radius 3 is 2.46 bits per heavy atom. The van der Waals surface area contributed by atoms with Gasteiger partial charge in [-0.25, -0.2) is 4.39 Å². The minimum Gasteiger partial charge on any atom is -0.402 e. The average molecular weight is 352 g/mol. The van der Waals surface area contributed by atoms with Crippen LogP contribution in [0.3, 0.4) is 0 Å². The standard InChI is InChI=1S/C18H23ClFN3O/c1-4-16(22)13(5-6-21)14(8-11(3)18(23)24)17-10(2)7-12(19)9-15(17)20/h7-9H,3-6,21-22H2,1-2H3,(H2,23,24)/b14-8+,16-13-. The van der Waals surface area contributed by atoms with Crippen LogP contribution in [-0.4, -0.2) is 12.5 Å². The molecule has 24 heavy (non-hydrogen) atoms. The number of allylic oxidation sites excluding steroid dienone is 2. The molecule has 0 heterocycles. The number of aryl methyl sites for hydroxylation is 1. The molecule has 0 aliphatic rings. The highest BCUT2D eigenvalue weighted by molar-refractivity contribution is 6.30. The lowest BCUT2D eigenvalue weighted by Gasteiger charge is -2.18. The van der Waals surface area contributed by atoms with E-state index >= 15 is 0 Å². The number of halogens is 2. The number of nitrogens with two attached hydrogens (primary N) is 3. The summed E-state index contributed by atoms with van der Waals surface area (Å²) in [6.45, 7) is 7.57. The van der Waals surface area contributed by atoms with Crippen molar-refractivity contribution in [2.24, 2.45) is 17.2 Å². The van der Waals surface area contributed by atoms with Crippen molar-refractivity contribution in [1.29, 1.82) is 0 Å². The van der Waals surface area contributed by atoms with Gasteiger partial charge < -0.3 is 17.2 Å². The van der Waals surface area contributed by atoms with Crippen LogP contribution in [0.5, 0.6) is 0 Å². The minimum absolute atomic E-state index is 0.0529. The van der Waals surface area contributed by atoms with E-state index in [9.17, 15) is 9.18 Å². The average Bonchev–Trinajstić information content (AvgIpc) is 2.49. The maximum atomic E-state index is 14.6. The summed E-state index contributed by atoms with van der Waals surface area (Å²) in [5.41, 5.74) is 19.7. The molecule has 6 heteroatoms. The lowest BCUT2D eigenvalue weighted by atomic mass is 9.88. The maximum absolute atomic E-state index is 14.6. The Labute approximate surface area is 146 Å². The van der Waals surface area contributed by atoms with E-state index in [1.54, 1.807) is 13.0 Å². The fraction of sp³-hybridized carbons (Fsp3) is 0.278. The predicted molar refractivity (Wildman–Crippen MR) is 97.6 cm³/mol. The third-order valence-corrected chi connectivity index (χ3v) is 3.86. The first-order chi connectivity index (χ1) is 11.2. The zero-order valence-corrected chi connectivity index (χ0v) is 14.7. The summed E-state index contributed by atoms with van der Waals surface area (Å²) in [6, 6.07) is 2.86. The molecule has 0 unspecified atom stereocenters. The minimum atomic E-state index is -0.693. The monoisotopic (exact) mass is 351 g/mol. The summed E-state index contributed by atoms with van der Waals surface area (Å²) in [7, 11) is 0. The van der Waals surface area contributed by atoms with Crippen molar-refractivity contribution in [3.63, 3.8) is 0 Å². The molecule has 0 aliphatic heterocycles. The van der Waals surface area contributed by atoms with Crippen molar-refractivity contribution in [2.45, 2.75) is 26.7 Å². The van der Waals surface area contributed by atoms with Crippen molar-refractivity contribution in [3.05, 3.63) is 63.6 Å². The number of rotatable bonds is 7. The molecule has 0 saturated carbocycles. The topological polar surface area (TPSA) is 95.1 Å². The van der Waals surface area contributed by atoms with E-state index in [0.29, 0.717) is 47.4 Å². The Hall–Kier alpha value is -2.11. The summed E-state index contributed by atoms with van der Waals surface area (Å²) < 4.78 is 14.6. The normalized spacial score (nSPS) is 12.8. The number of hydrogen-bond donors (Lipinski definition) is 3. The van der Waals surface area contributed by atoms with Gasteiger partial charge in [0.2, 0.25) is 5.91 Å². The van der Waals surface area contributed by atoms with Crippen molar-refractivity contribution < 1.29 is 9.18 Å². The molecular weight excluding hydrogens is 329 g/mol. The van der Waals surface area contributed by atoms with Gasteiger partial charge in [0.05, 0.1) is 0 Å². The highest BCUT2D eigenvalue weighted by Gasteiger charge is 2.19. The molecule has 0 bridgehead atoms. The lowest BCUT2D eigenvalue weighted by molar-refractivity contribution is -0.114. The second-order valence-corrected chi connectivity index (χ2v) is 5.86. The molecule has 4 nitrogen and oxygen atoms in total. The third kappa shape index (κ3) is 4.69. The van der Waals surface area contributed by atoms with Crippen LogP contribution >= 0.6 is 11.6 Å². The lowest BCUT2D eigenvalue weighted by Crippen LogP contribution is -2.14. The van der Waals surface area contributed by atoms with Crippen molar-refractivity contribution in [3.8, 4) is 0 Å². The molecule has 1 aromatic carbocycles. The molecule has 0 aromatic heterocycles. The molecule has 0 radical (unpaired) electrons. The molecule has 1 rings (SSSR count). The van der Waals surface area contributed by atoms with Crippen LogP contribution in [-0.2, 0) is 4.79 Å². The van der Waals surface area contributed by atoms with Gasteiger partial charge >= 0.3 is 0 Å². The zero-order valence-electron chi connectivity index (χ0n) is 14.0. The fourth-order valence-electron chi connectivity index (χ4n) is 2.42. The smallest absolute Gasteiger partial charge is 0.248 e. The fourth-order valence-corrected chi connectivity index (χ4v) is 2.68. The van der Waals surface area contributed by atoms with Gasteiger partial charge in [-0.05, 0) is 61.2 Å². The predicted octanol–water partition coefficient (Wildman–Crippen LogP) is 3.18. The van der Waals surface area contributed by atoms with Crippen LogP contribution in [0, 0.1) is 12.7 Å². The Morgan fingerprint density at radius 1 is 1.38 bits per heavy atom. The van der Waals surface area contributed by atoms with Crippen LogP contribution in [0.2, 0.25) is 5.02 Å². The number of carbonyl (C=O) groups is 1. The van der Waals surface area contributed by atoms with E-state index in [-0.39, 0.29) is 10.6 Å². The number of primary amides is 1. The molecule has 1 aromatic rings. The quantitative estimate of drug-likeness (QED) is 0.520. The van der Waals surface area contributed by atoms with Gasteiger partial charge in [0.25, 0.3) is 0 Å². The molecular formula is C18H23ClFN3O. The van der Waals surface area contributed by atoms with Gasteiger partial charge in [-0.15, -0.1) is 0 Å². The number of benzene rings is 1. The van der Waals surface area contributed by atoms with Crippen molar-refractivity contribution in [1.82, 2.24) is 0 Å². The Balaban J connectivity index is 3.75. The molecule has 0 aliphatic carbocycles. The van der Waals surface area contributed by atoms with Crippen LogP contribution in [0.1, 0.15) is 30.9 Å². The van der Waals surface area contributed by atoms with Gasteiger partial charge in [0, 0.05) is 21.9 Å². The summed E-state index contributed by atoms with van der Waals surface area (Å²) in [6.07, 6.45) is 2.44. The third-order valence-electron chi connectivity index (χ3n) is 3.64. The van der Waals surface area contributed by atoms with Gasteiger partial charge in [0.1, 0.15) is 5.82 Å². The largest absolute Gasteiger partial charge is 0.402 e. The molecule has 0 saturated heterocycles. The van der Waals surface area contributed by atoms with Gasteiger partial charge in [-0.2, -0.15) is 0 Å². The number of hydrogen-bond acceptors (Lipinski definition) is 3. The zero-order chi connectivity index (χ0) is 18.4. The first-order valence-corrected chi connectivity index (χ1v) is 7.95. The van der Waals surface area contributed by atoms with E-state index in [0.717, 1.165) is 0 Å². The Kier molecular flexibility index (Phi) is 7.19. The van der Waals surface area contributed by atoms with E-state index in [2.05, 4.69) is 6.58 Å². The van der Waals surface area contributed by atoms with E-state index in [1.807, 2.05) is 6.92 Å². The van der Waals surface area contributed by atoms with Crippen LogP contribution < -0.4 is 17.2 Å². The summed E-state index contributed by atoms with van der Waals surface area (Å²) in [5.74, 6) is -1.20. The van der Waals surface area contributed by atoms with Gasteiger partial charge in [0.15, 0.2) is 0 Å². The maximum Gasteiger partial charge on any atom is 0.248 e. The van der Waals surface area contributed by atoms with E-state index in [4.69, 9.17) is 28.8 Å². The molecule has 6 N–H and O–H groups in total. The second-order valence-electron chi connectivity index (χ2n) is 5.42. The highest BCUT2D eigenvalue weighted by Crippen LogP contribution is 2.34. The SMILES string of the molecule is C=C(/C=C(\C(CCN)=C(/N)CC)c1c(C)cc(Cl)cc1F)C(N)=O. The first kappa shape index (κ1) is 19.9. The molecule has 0 spiro atoms. The van der Waals surface area contributed by atoms with Crippen LogP contribution in [0.15, 0.2) is 41.6 Å². The van der Waals surface area contributed by atoms with Crippen molar-refractivity contribution >= 4 is 23.1 Å². The molecule has 1 amide bonds. The second kappa shape index (κ2) is 8.66. The summed E-state index contributed by atoms with van der Waals surface area (Å²) >= 11 is 5.91. The number of amides is 1. The number of carbonyl (C=O) groups excluding carboxylic acids is 1. The Morgan fingerprint density at radius 2 is 2.00 bits per heavy atom. The molecule has 0 atom stereocenters. The van der Waals surface area contributed by atoms with Gasteiger partial charge in [-0.1, -0.05) is 25.1 Å². The molecule has 0 fully saturated rings. The van der Waals surface area contributed by atoms with Gasteiger partial charge in [-0.3, -0.25) is 4.79 Å². The van der Waals surface area contributed by atoms with Crippen LogP contribution in [0.4, 0.5) is 4.39 Å². The Bertz CT molecular complexity index is 700.